The van der Waals surface area contributed by atoms with Crippen LogP contribution in [0.1, 0.15) is 55.3 Å². The standard InChI is InChI=1S/C23H27N3O7/c1-14-20(15(2)24(3)21(14)23(29)32-4)19(27)13-25(12-18-9-6-10-33-18)22(28)16-7-5-8-17(11-16)26(30)31/h5,7-8,11,18H,6,9-10,12-13H2,1-4H3. The minimum absolute atomic E-state index is 0.117. The van der Waals surface area contributed by atoms with Crippen molar-refractivity contribution in [3.05, 3.63) is 62.5 Å². The highest BCUT2D eigenvalue weighted by molar-refractivity contribution is 6.06. The second-order valence-corrected chi connectivity index (χ2v) is 8.04. The number of methoxy groups -OCH3 is 1. The maximum Gasteiger partial charge on any atom is 0.354 e. The van der Waals surface area contributed by atoms with Gasteiger partial charge in [-0.05, 0) is 38.3 Å². The number of rotatable bonds is 8. The van der Waals surface area contributed by atoms with Gasteiger partial charge in [-0.3, -0.25) is 19.7 Å². The molecule has 1 aromatic heterocycles. The molecular formula is C23H27N3O7. The Bertz CT molecular complexity index is 1100. The first kappa shape index (κ1) is 24.1. The van der Waals surface area contributed by atoms with Crippen LogP contribution in [-0.4, -0.2) is 65.0 Å². The van der Waals surface area contributed by atoms with Crippen LogP contribution < -0.4 is 0 Å². The zero-order valence-electron chi connectivity index (χ0n) is 19.1. The molecule has 1 saturated heterocycles. The van der Waals surface area contributed by atoms with Crippen molar-refractivity contribution in [3.8, 4) is 0 Å². The number of ketones is 1. The molecule has 0 spiro atoms. The lowest BCUT2D eigenvalue weighted by atomic mass is 10.0. The summed E-state index contributed by atoms with van der Waals surface area (Å²) in [5, 5.41) is 11.1. The number of non-ortho nitro benzene ring substituents is 1. The molecule has 0 N–H and O–H groups in total. The van der Waals surface area contributed by atoms with Gasteiger partial charge in [0.2, 0.25) is 0 Å². The van der Waals surface area contributed by atoms with Crippen molar-refractivity contribution in [1.82, 2.24) is 9.47 Å². The summed E-state index contributed by atoms with van der Waals surface area (Å²) in [7, 11) is 2.94. The lowest BCUT2D eigenvalue weighted by Crippen LogP contribution is -2.41. The Morgan fingerprint density at radius 2 is 2.03 bits per heavy atom. The number of nitro benzene ring substituents is 1. The summed E-state index contributed by atoms with van der Waals surface area (Å²) >= 11 is 0. The molecule has 0 radical (unpaired) electrons. The number of carbonyl (C=O) groups is 3. The van der Waals surface area contributed by atoms with Gasteiger partial charge in [-0.25, -0.2) is 4.79 Å². The van der Waals surface area contributed by atoms with Gasteiger partial charge in [0.1, 0.15) is 5.69 Å². The number of esters is 1. The second kappa shape index (κ2) is 9.95. The number of ether oxygens (including phenoxy) is 2. The molecule has 10 nitrogen and oxygen atoms in total. The highest BCUT2D eigenvalue weighted by Gasteiger charge is 2.30. The Morgan fingerprint density at radius 1 is 1.30 bits per heavy atom. The van der Waals surface area contributed by atoms with Gasteiger partial charge in [0.25, 0.3) is 11.6 Å². The van der Waals surface area contributed by atoms with Gasteiger partial charge in [-0.15, -0.1) is 0 Å². The Balaban J connectivity index is 1.93. The summed E-state index contributed by atoms with van der Waals surface area (Å²) in [4.78, 5) is 50.8. The SMILES string of the molecule is COC(=O)c1c(C)c(C(=O)CN(CC2CCCO2)C(=O)c2cccc([N+](=O)[O-])c2)c(C)n1C. The molecule has 176 valence electrons. The number of amides is 1. The topological polar surface area (TPSA) is 121 Å². The fraction of sp³-hybridized carbons (Fsp3) is 0.435. The van der Waals surface area contributed by atoms with Crippen molar-refractivity contribution in [2.75, 3.05) is 26.8 Å². The van der Waals surface area contributed by atoms with Crippen LogP contribution in [0.3, 0.4) is 0 Å². The van der Waals surface area contributed by atoms with Crippen molar-refractivity contribution >= 4 is 23.3 Å². The number of hydrogen-bond donors (Lipinski definition) is 0. The number of benzene rings is 1. The van der Waals surface area contributed by atoms with Crippen LogP contribution in [0.5, 0.6) is 0 Å². The Morgan fingerprint density at radius 3 is 2.64 bits per heavy atom. The third kappa shape index (κ3) is 4.95. The summed E-state index contributed by atoms with van der Waals surface area (Å²) in [6.07, 6.45) is 1.39. The van der Waals surface area contributed by atoms with Crippen LogP contribution in [0.2, 0.25) is 0 Å². The van der Waals surface area contributed by atoms with E-state index in [1.165, 1.54) is 36.3 Å². The molecule has 1 atom stereocenters. The molecule has 1 aliphatic heterocycles. The van der Waals surface area contributed by atoms with Crippen molar-refractivity contribution in [3.63, 3.8) is 0 Å². The summed E-state index contributed by atoms with van der Waals surface area (Å²) in [5.74, 6) is -1.39. The predicted molar refractivity (Wildman–Crippen MR) is 119 cm³/mol. The molecule has 3 rings (SSSR count). The van der Waals surface area contributed by atoms with Crippen LogP contribution in [-0.2, 0) is 16.5 Å². The molecule has 0 saturated carbocycles. The lowest BCUT2D eigenvalue weighted by molar-refractivity contribution is -0.384. The van der Waals surface area contributed by atoms with E-state index in [0.717, 1.165) is 12.8 Å². The van der Waals surface area contributed by atoms with Gasteiger partial charge in [0, 0.05) is 49.2 Å². The predicted octanol–water partition coefficient (Wildman–Crippen LogP) is 2.84. The Labute approximate surface area is 191 Å². The fourth-order valence-corrected chi connectivity index (χ4v) is 4.22. The molecule has 10 heteroatoms. The number of Topliss-reactive ketones (excluding diaryl/α,β-unsaturated/α-hetero) is 1. The summed E-state index contributed by atoms with van der Waals surface area (Å²) in [5.41, 5.74) is 1.59. The smallest absolute Gasteiger partial charge is 0.354 e. The van der Waals surface area contributed by atoms with E-state index in [0.29, 0.717) is 23.4 Å². The van der Waals surface area contributed by atoms with E-state index in [-0.39, 0.29) is 41.9 Å². The lowest BCUT2D eigenvalue weighted by Gasteiger charge is -2.25. The van der Waals surface area contributed by atoms with Crippen LogP contribution in [0.15, 0.2) is 24.3 Å². The first-order valence-electron chi connectivity index (χ1n) is 10.6. The average molecular weight is 457 g/mol. The largest absolute Gasteiger partial charge is 0.464 e. The molecule has 2 heterocycles. The monoisotopic (exact) mass is 457 g/mol. The Kier molecular flexibility index (Phi) is 7.27. The second-order valence-electron chi connectivity index (χ2n) is 8.04. The van der Waals surface area contributed by atoms with E-state index in [2.05, 4.69) is 0 Å². The van der Waals surface area contributed by atoms with Gasteiger partial charge in [0.15, 0.2) is 5.78 Å². The van der Waals surface area contributed by atoms with E-state index >= 15 is 0 Å². The molecule has 1 unspecified atom stereocenters. The number of aromatic nitrogens is 1. The average Bonchev–Trinajstić information content (AvgIpc) is 3.38. The van der Waals surface area contributed by atoms with Crippen molar-refractivity contribution in [2.24, 2.45) is 7.05 Å². The molecule has 0 aliphatic carbocycles. The molecule has 1 aromatic carbocycles. The maximum absolute atomic E-state index is 13.3. The van der Waals surface area contributed by atoms with E-state index in [9.17, 15) is 24.5 Å². The highest BCUT2D eigenvalue weighted by Crippen LogP contribution is 2.24. The molecule has 33 heavy (non-hydrogen) atoms. The Hall–Kier alpha value is -3.53. The molecule has 1 fully saturated rings. The van der Waals surface area contributed by atoms with Crippen LogP contribution in [0.25, 0.3) is 0 Å². The van der Waals surface area contributed by atoms with Crippen LogP contribution in [0.4, 0.5) is 5.69 Å². The van der Waals surface area contributed by atoms with E-state index < -0.39 is 16.8 Å². The summed E-state index contributed by atoms with van der Waals surface area (Å²) in [6, 6.07) is 5.42. The number of carbonyl (C=O) groups excluding carboxylic acids is 3. The zero-order valence-corrected chi connectivity index (χ0v) is 19.1. The quantitative estimate of drug-likeness (QED) is 0.259. The minimum Gasteiger partial charge on any atom is -0.464 e. The summed E-state index contributed by atoms with van der Waals surface area (Å²) < 4.78 is 12.1. The van der Waals surface area contributed by atoms with Gasteiger partial charge in [-0.1, -0.05) is 6.07 Å². The van der Waals surface area contributed by atoms with Crippen LogP contribution >= 0.6 is 0 Å². The number of hydrogen-bond acceptors (Lipinski definition) is 7. The van der Waals surface area contributed by atoms with E-state index in [1.807, 2.05) is 0 Å². The first-order valence-corrected chi connectivity index (χ1v) is 10.6. The van der Waals surface area contributed by atoms with Gasteiger partial charge in [-0.2, -0.15) is 0 Å². The molecule has 2 aromatic rings. The van der Waals surface area contributed by atoms with Crippen LogP contribution in [0, 0.1) is 24.0 Å². The minimum atomic E-state index is -0.572. The van der Waals surface area contributed by atoms with E-state index in [1.54, 1.807) is 25.5 Å². The third-order valence-corrected chi connectivity index (χ3v) is 5.96. The maximum atomic E-state index is 13.3. The number of nitrogens with zero attached hydrogens (tertiary/aromatic N) is 3. The fourth-order valence-electron chi connectivity index (χ4n) is 4.22. The first-order chi connectivity index (χ1) is 15.6. The van der Waals surface area contributed by atoms with Gasteiger partial charge in [0.05, 0.1) is 24.7 Å². The molecule has 0 bridgehead atoms. The molecule has 1 amide bonds. The number of nitro groups is 1. The van der Waals surface area contributed by atoms with Gasteiger partial charge >= 0.3 is 5.97 Å². The summed E-state index contributed by atoms with van der Waals surface area (Å²) in [6.45, 7) is 3.89. The van der Waals surface area contributed by atoms with Gasteiger partial charge < -0.3 is 18.9 Å². The van der Waals surface area contributed by atoms with E-state index in [4.69, 9.17) is 9.47 Å². The zero-order chi connectivity index (χ0) is 24.3. The normalized spacial score (nSPS) is 15.3. The molecule has 1 aliphatic rings. The van der Waals surface area contributed by atoms with Crippen molar-refractivity contribution in [1.29, 1.82) is 0 Å². The van der Waals surface area contributed by atoms with Crippen molar-refractivity contribution in [2.45, 2.75) is 32.8 Å². The van der Waals surface area contributed by atoms with Crippen molar-refractivity contribution < 1.29 is 28.8 Å². The highest BCUT2D eigenvalue weighted by atomic mass is 16.6. The molecular weight excluding hydrogens is 430 g/mol. The third-order valence-electron chi connectivity index (χ3n) is 5.96.